The van der Waals surface area contributed by atoms with Gasteiger partial charge >= 0.3 is 0 Å². The standard InChI is InChI=1S/C8H19NO2.2C2H6/c1-2-3-4-9(5-7-10)6-8-11;2*1-2/h10-11H,2-8H2,1H3;2*1-2H3. The van der Waals surface area contributed by atoms with Crippen LogP contribution in [0.3, 0.4) is 0 Å². The third-order valence-corrected chi connectivity index (χ3v) is 1.66. The maximum absolute atomic E-state index is 8.64. The summed E-state index contributed by atoms with van der Waals surface area (Å²) in [6.07, 6.45) is 2.30. The number of aliphatic hydroxyl groups excluding tert-OH is 2. The van der Waals surface area contributed by atoms with Crippen LogP contribution < -0.4 is 0 Å². The van der Waals surface area contributed by atoms with Crippen molar-refractivity contribution in [3.05, 3.63) is 0 Å². The number of aliphatic hydroxyl groups is 2. The van der Waals surface area contributed by atoms with Crippen LogP contribution in [-0.4, -0.2) is 48.0 Å². The van der Waals surface area contributed by atoms with Gasteiger partial charge in [0.05, 0.1) is 13.2 Å². The van der Waals surface area contributed by atoms with Gasteiger partial charge < -0.3 is 10.2 Å². The van der Waals surface area contributed by atoms with E-state index in [0.717, 1.165) is 19.4 Å². The Labute approximate surface area is 96.1 Å². The van der Waals surface area contributed by atoms with E-state index in [2.05, 4.69) is 11.8 Å². The molecule has 0 rings (SSSR count). The Morgan fingerprint density at radius 3 is 1.47 bits per heavy atom. The number of hydrogen-bond donors (Lipinski definition) is 2. The van der Waals surface area contributed by atoms with Crippen LogP contribution in [-0.2, 0) is 0 Å². The van der Waals surface area contributed by atoms with E-state index >= 15 is 0 Å². The highest BCUT2D eigenvalue weighted by atomic mass is 16.3. The third-order valence-electron chi connectivity index (χ3n) is 1.66. The number of unbranched alkanes of at least 4 members (excludes halogenated alkanes) is 1. The molecule has 0 aliphatic heterocycles. The summed E-state index contributed by atoms with van der Waals surface area (Å²) in [5.74, 6) is 0. The summed E-state index contributed by atoms with van der Waals surface area (Å²) in [5.41, 5.74) is 0. The molecule has 0 spiro atoms. The molecule has 0 heterocycles. The Kier molecular flexibility index (Phi) is 31.9. The smallest absolute Gasteiger partial charge is 0.0558 e. The fourth-order valence-electron chi connectivity index (χ4n) is 1.000. The van der Waals surface area contributed by atoms with Gasteiger partial charge in [-0.2, -0.15) is 0 Å². The molecule has 3 heteroatoms. The quantitative estimate of drug-likeness (QED) is 0.692. The number of rotatable bonds is 7. The Bertz CT molecular complexity index is 74.0. The molecule has 0 aromatic heterocycles. The summed E-state index contributed by atoms with van der Waals surface area (Å²) in [6.45, 7) is 12.8. The summed E-state index contributed by atoms with van der Waals surface area (Å²) >= 11 is 0. The zero-order valence-corrected chi connectivity index (χ0v) is 11.3. The summed E-state index contributed by atoms with van der Waals surface area (Å²) in [7, 11) is 0. The van der Waals surface area contributed by atoms with Gasteiger partial charge in [0, 0.05) is 13.1 Å². The van der Waals surface area contributed by atoms with Crippen molar-refractivity contribution in [2.24, 2.45) is 0 Å². The van der Waals surface area contributed by atoms with Crippen LogP contribution in [0.5, 0.6) is 0 Å². The summed E-state index contributed by atoms with van der Waals surface area (Å²) < 4.78 is 0. The molecule has 15 heavy (non-hydrogen) atoms. The van der Waals surface area contributed by atoms with Gasteiger partial charge in [-0.3, -0.25) is 4.90 Å². The molecular weight excluding hydrogens is 190 g/mol. The first kappa shape index (κ1) is 20.3. The molecule has 2 N–H and O–H groups in total. The molecule has 0 aromatic carbocycles. The van der Waals surface area contributed by atoms with Crippen molar-refractivity contribution in [1.82, 2.24) is 4.90 Å². The molecule has 0 saturated carbocycles. The maximum Gasteiger partial charge on any atom is 0.0558 e. The molecule has 0 aromatic rings. The minimum Gasteiger partial charge on any atom is -0.395 e. The highest BCUT2D eigenvalue weighted by molar-refractivity contribution is 4.55. The van der Waals surface area contributed by atoms with E-state index in [4.69, 9.17) is 10.2 Å². The largest absolute Gasteiger partial charge is 0.395 e. The predicted molar refractivity (Wildman–Crippen MR) is 68.2 cm³/mol. The van der Waals surface area contributed by atoms with Crippen LogP contribution in [0.1, 0.15) is 47.5 Å². The first-order valence-corrected chi connectivity index (χ1v) is 6.29. The van der Waals surface area contributed by atoms with Crippen LogP contribution in [0, 0.1) is 0 Å². The molecule has 96 valence electrons. The molecule has 0 bridgehead atoms. The lowest BCUT2D eigenvalue weighted by Gasteiger charge is -2.19. The fraction of sp³-hybridized carbons (Fsp3) is 1.00. The molecule has 0 saturated heterocycles. The van der Waals surface area contributed by atoms with E-state index in [1.54, 1.807) is 0 Å². The Morgan fingerprint density at radius 2 is 1.20 bits per heavy atom. The highest BCUT2D eigenvalue weighted by Gasteiger charge is 2.00. The second-order valence-corrected chi connectivity index (χ2v) is 2.64. The summed E-state index contributed by atoms with van der Waals surface area (Å²) in [6, 6.07) is 0. The van der Waals surface area contributed by atoms with E-state index in [9.17, 15) is 0 Å². The van der Waals surface area contributed by atoms with Crippen LogP contribution in [0.15, 0.2) is 0 Å². The average Bonchev–Trinajstić information content (AvgIpc) is 2.32. The van der Waals surface area contributed by atoms with Crippen molar-refractivity contribution in [3.8, 4) is 0 Å². The third kappa shape index (κ3) is 20.1. The Morgan fingerprint density at radius 1 is 0.800 bits per heavy atom. The SMILES string of the molecule is CC.CC.CCCCN(CCO)CCO. The van der Waals surface area contributed by atoms with E-state index in [-0.39, 0.29) is 13.2 Å². The molecule has 0 radical (unpaired) electrons. The molecular formula is C12H31NO2. The highest BCUT2D eigenvalue weighted by Crippen LogP contribution is 1.93. The molecule has 3 nitrogen and oxygen atoms in total. The van der Waals surface area contributed by atoms with Crippen molar-refractivity contribution >= 4 is 0 Å². The lowest BCUT2D eigenvalue weighted by molar-refractivity contribution is 0.159. The van der Waals surface area contributed by atoms with Crippen molar-refractivity contribution in [2.75, 3.05) is 32.8 Å². The van der Waals surface area contributed by atoms with Crippen LogP contribution in [0.4, 0.5) is 0 Å². The normalized spacial score (nSPS) is 8.80. The zero-order chi connectivity index (χ0) is 12.5. The lowest BCUT2D eigenvalue weighted by atomic mass is 10.3. The van der Waals surface area contributed by atoms with E-state index in [1.165, 1.54) is 0 Å². The van der Waals surface area contributed by atoms with E-state index < -0.39 is 0 Å². The maximum atomic E-state index is 8.64. The topological polar surface area (TPSA) is 43.7 Å². The van der Waals surface area contributed by atoms with Gasteiger partial charge in [0.1, 0.15) is 0 Å². The summed E-state index contributed by atoms with van der Waals surface area (Å²) in [5, 5.41) is 17.3. The van der Waals surface area contributed by atoms with Gasteiger partial charge in [0.2, 0.25) is 0 Å². The van der Waals surface area contributed by atoms with Gasteiger partial charge in [-0.15, -0.1) is 0 Å². The number of nitrogens with zero attached hydrogens (tertiary/aromatic N) is 1. The van der Waals surface area contributed by atoms with Crippen molar-refractivity contribution in [2.45, 2.75) is 47.5 Å². The molecule has 0 amide bonds. The molecule has 0 unspecified atom stereocenters. The van der Waals surface area contributed by atoms with Crippen LogP contribution in [0.2, 0.25) is 0 Å². The number of hydrogen-bond acceptors (Lipinski definition) is 3. The molecule has 0 aliphatic carbocycles. The Hall–Kier alpha value is -0.120. The summed E-state index contributed by atoms with van der Waals surface area (Å²) in [4.78, 5) is 2.07. The molecule has 0 fully saturated rings. The van der Waals surface area contributed by atoms with Gasteiger partial charge in [-0.05, 0) is 13.0 Å². The monoisotopic (exact) mass is 221 g/mol. The minimum absolute atomic E-state index is 0.184. The Balaban J connectivity index is -0.000000318. The minimum atomic E-state index is 0.184. The van der Waals surface area contributed by atoms with Crippen LogP contribution in [0.25, 0.3) is 0 Å². The average molecular weight is 221 g/mol. The fourth-order valence-corrected chi connectivity index (χ4v) is 1.000. The first-order chi connectivity index (χ1) is 7.35. The van der Waals surface area contributed by atoms with E-state index in [0.29, 0.717) is 13.1 Å². The van der Waals surface area contributed by atoms with Gasteiger partial charge in [0.15, 0.2) is 0 Å². The van der Waals surface area contributed by atoms with Crippen molar-refractivity contribution in [1.29, 1.82) is 0 Å². The first-order valence-electron chi connectivity index (χ1n) is 6.29. The van der Waals surface area contributed by atoms with Crippen molar-refractivity contribution in [3.63, 3.8) is 0 Å². The molecule has 0 aliphatic rings. The van der Waals surface area contributed by atoms with Gasteiger partial charge in [-0.1, -0.05) is 41.0 Å². The van der Waals surface area contributed by atoms with Gasteiger partial charge in [0.25, 0.3) is 0 Å². The van der Waals surface area contributed by atoms with E-state index in [1.807, 2.05) is 27.7 Å². The second kappa shape index (κ2) is 23.6. The lowest BCUT2D eigenvalue weighted by Crippen LogP contribution is -2.30. The second-order valence-electron chi connectivity index (χ2n) is 2.64. The predicted octanol–water partition coefficient (Wildman–Crippen LogP) is 2.13. The van der Waals surface area contributed by atoms with Gasteiger partial charge in [-0.25, -0.2) is 0 Å². The van der Waals surface area contributed by atoms with Crippen LogP contribution >= 0.6 is 0 Å². The zero-order valence-electron chi connectivity index (χ0n) is 11.3. The van der Waals surface area contributed by atoms with Crippen molar-refractivity contribution < 1.29 is 10.2 Å². The molecule has 0 atom stereocenters.